The fourth-order valence-corrected chi connectivity index (χ4v) is 3.10. The first kappa shape index (κ1) is 14.9. The smallest absolute Gasteiger partial charge is 0.229 e. The highest BCUT2D eigenvalue weighted by atomic mass is 32.1. The Morgan fingerprint density at radius 1 is 1.32 bits per heavy atom. The lowest BCUT2D eigenvalue weighted by atomic mass is 10.1. The number of carbonyl (C=O) groups excluding carboxylic acids is 1. The van der Waals surface area contributed by atoms with Crippen molar-refractivity contribution in [2.24, 2.45) is 5.92 Å². The monoisotopic (exact) mass is 319 g/mol. The summed E-state index contributed by atoms with van der Waals surface area (Å²) >= 11 is 1.34. The topological polar surface area (TPSA) is 73.3 Å². The lowest BCUT2D eigenvalue weighted by molar-refractivity contribution is -0.117. The van der Waals surface area contributed by atoms with Crippen LogP contribution in [0.15, 0.2) is 24.3 Å². The van der Waals surface area contributed by atoms with Crippen molar-refractivity contribution in [2.45, 2.75) is 18.9 Å². The van der Waals surface area contributed by atoms with Gasteiger partial charge in [-0.2, -0.15) is 0 Å². The van der Waals surface area contributed by atoms with Crippen molar-refractivity contribution in [1.29, 1.82) is 0 Å². The number of anilines is 1. The van der Waals surface area contributed by atoms with Crippen LogP contribution in [0.25, 0.3) is 0 Å². The second-order valence-corrected chi connectivity index (χ2v) is 6.21. The molecule has 0 bridgehead atoms. The van der Waals surface area contributed by atoms with Crippen molar-refractivity contribution < 1.29 is 14.3 Å². The van der Waals surface area contributed by atoms with Gasteiger partial charge in [-0.15, -0.1) is 10.2 Å². The molecule has 0 radical (unpaired) electrons. The molecule has 1 aromatic heterocycles. The minimum atomic E-state index is 0.000866. The molecular formula is C15H17N3O3S. The molecule has 1 aromatic carbocycles. The van der Waals surface area contributed by atoms with Crippen molar-refractivity contribution in [3.05, 3.63) is 34.8 Å². The van der Waals surface area contributed by atoms with Crippen molar-refractivity contribution >= 4 is 22.4 Å². The second-order valence-electron chi connectivity index (χ2n) is 5.15. The Bertz CT molecular complexity index is 656. The Labute approximate surface area is 132 Å². The Balaban J connectivity index is 1.57. The van der Waals surface area contributed by atoms with Crippen LogP contribution in [0.3, 0.4) is 0 Å². The number of ether oxygens (including phenoxy) is 2. The van der Waals surface area contributed by atoms with Gasteiger partial charge in [-0.25, -0.2) is 0 Å². The van der Waals surface area contributed by atoms with Gasteiger partial charge in [0.05, 0.1) is 7.11 Å². The summed E-state index contributed by atoms with van der Waals surface area (Å²) in [4.78, 5) is 12.2. The van der Waals surface area contributed by atoms with E-state index in [0.29, 0.717) is 11.7 Å². The highest BCUT2D eigenvalue weighted by molar-refractivity contribution is 7.15. The molecule has 1 amide bonds. The van der Waals surface area contributed by atoms with Gasteiger partial charge in [0.1, 0.15) is 17.4 Å². The Morgan fingerprint density at radius 2 is 2.09 bits per heavy atom. The molecule has 1 heterocycles. The van der Waals surface area contributed by atoms with Crippen molar-refractivity contribution in [3.63, 3.8) is 0 Å². The zero-order valence-electron chi connectivity index (χ0n) is 12.4. The number of aromatic nitrogens is 2. The molecule has 2 aromatic rings. The molecule has 0 aliphatic heterocycles. The zero-order valence-corrected chi connectivity index (χ0v) is 13.2. The maximum Gasteiger partial charge on any atom is 0.229 e. The summed E-state index contributed by atoms with van der Waals surface area (Å²) in [5.41, 5.74) is 1.17. The molecule has 0 saturated heterocycles. The molecule has 2 unspecified atom stereocenters. The minimum Gasteiger partial charge on any atom is -0.497 e. The van der Waals surface area contributed by atoms with E-state index in [-0.39, 0.29) is 17.7 Å². The maximum atomic E-state index is 12.2. The Kier molecular flexibility index (Phi) is 4.35. The van der Waals surface area contributed by atoms with Gasteiger partial charge in [-0.1, -0.05) is 23.5 Å². The third kappa shape index (κ3) is 3.26. The largest absolute Gasteiger partial charge is 0.497 e. The van der Waals surface area contributed by atoms with Gasteiger partial charge >= 0.3 is 0 Å². The van der Waals surface area contributed by atoms with E-state index < -0.39 is 0 Å². The van der Waals surface area contributed by atoms with Gasteiger partial charge in [0.2, 0.25) is 11.0 Å². The molecule has 1 saturated carbocycles. The van der Waals surface area contributed by atoms with Crippen LogP contribution in [-0.2, 0) is 16.1 Å². The van der Waals surface area contributed by atoms with Gasteiger partial charge in [0.25, 0.3) is 0 Å². The van der Waals surface area contributed by atoms with Crippen LogP contribution in [0.5, 0.6) is 5.75 Å². The lowest BCUT2D eigenvalue weighted by Gasteiger charge is -2.03. The standard InChI is InChI=1S/C15H17N3O3S/c1-20-8-13-17-18-15(22-13)16-14(19)12-7-11(12)9-3-5-10(21-2)6-4-9/h3-6,11-12H,7-8H2,1-2H3,(H,16,18,19). The normalized spacial score (nSPS) is 19.7. The van der Waals surface area contributed by atoms with Crippen molar-refractivity contribution in [3.8, 4) is 5.75 Å². The fourth-order valence-electron chi connectivity index (χ4n) is 2.39. The number of carbonyl (C=O) groups is 1. The molecule has 1 aliphatic carbocycles. The van der Waals surface area contributed by atoms with Crippen LogP contribution in [0.2, 0.25) is 0 Å². The summed E-state index contributed by atoms with van der Waals surface area (Å²) in [6.45, 7) is 0.408. The number of hydrogen-bond donors (Lipinski definition) is 1. The minimum absolute atomic E-state index is 0.000866. The summed E-state index contributed by atoms with van der Waals surface area (Å²) in [7, 11) is 3.24. The van der Waals surface area contributed by atoms with E-state index in [1.54, 1.807) is 14.2 Å². The fraction of sp³-hybridized carbons (Fsp3) is 0.400. The summed E-state index contributed by atoms with van der Waals surface area (Å²) in [5.74, 6) is 1.10. The van der Waals surface area contributed by atoms with Gasteiger partial charge in [-0.3, -0.25) is 4.79 Å². The van der Waals surface area contributed by atoms with Crippen molar-refractivity contribution in [2.75, 3.05) is 19.5 Å². The average molecular weight is 319 g/mol. The third-order valence-corrected chi connectivity index (χ3v) is 4.45. The molecule has 6 nitrogen and oxygen atoms in total. The van der Waals surface area contributed by atoms with E-state index >= 15 is 0 Å². The quantitative estimate of drug-likeness (QED) is 0.885. The van der Waals surface area contributed by atoms with Gasteiger partial charge in [-0.05, 0) is 30.0 Å². The van der Waals surface area contributed by atoms with E-state index in [9.17, 15) is 4.79 Å². The molecule has 22 heavy (non-hydrogen) atoms. The number of methoxy groups -OCH3 is 2. The van der Waals surface area contributed by atoms with E-state index in [4.69, 9.17) is 9.47 Å². The number of hydrogen-bond acceptors (Lipinski definition) is 6. The number of amides is 1. The van der Waals surface area contributed by atoms with Crippen LogP contribution in [0.1, 0.15) is 22.9 Å². The van der Waals surface area contributed by atoms with Crippen LogP contribution in [-0.4, -0.2) is 30.3 Å². The summed E-state index contributed by atoms with van der Waals surface area (Å²) in [5, 5.41) is 12.0. The Morgan fingerprint density at radius 3 is 2.77 bits per heavy atom. The maximum absolute atomic E-state index is 12.2. The van der Waals surface area contributed by atoms with Gasteiger partial charge in [0.15, 0.2) is 0 Å². The summed E-state index contributed by atoms with van der Waals surface area (Å²) in [6, 6.07) is 7.87. The molecule has 3 rings (SSSR count). The number of rotatable bonds is 6. The Hall–Kier alpha value is -1.99. The van der Waals surface area contributed by atoms with Gasteiger partial charge < -0.3 is 14.8 Å². The predicted molar refractivity (Wildman–Crippen MR) is 83.1 cm³/mol. The lowest BCUT2D eigenvalue weighted by Crippen LogP contribution is -2.14. The first-order valence-corrected chi connectivity index (χ1v) is 7.79. The van der Waals surface area contributed by atoms with E-state index in [1.165, 1.54) is 16.9 Å². The van der Waals surface area contributed by atoms with E-state index in [0.717, 1.165) is 17.2 Å². The van der Waals surface area contributed by atoms with Crippen LogP contribution >= 0.6 is 11.3 Å². The second kappa shape index (κ2) is 6.41. The first-order valence-electron chi connectivity index (χ1n) is 6.97. The van der Waals surface area contributed by atoms with Crippen LogP contribution < -0.4 is 10.1 Å². The number of benzene rings is 1. The molecule has 2 atom stereocenters. The summed E-state index contributed by atoms with van der Waals surface area (Å²) in [6.07, 6.45) is 0.863. The van der Waals surface area contributed by atoms with Gasteiger partial charge in [0, 0.05) is 13.0 Å². The third-order valence-electron chi connectivity index (χ3n) is 3.64. The van der Waals surface area contributed by atoms with E-state index in [2.05, 4.69) is 15.5 Å². The predicted octanol–water partition coefficient (Wildman–Crippen LogP) is 2.44. The first-order chi connectivity index (χ1) is 10.7. The average Bonchev–Trinajstić information content (AvgIpc) is 3.23. The number of nitrogens with zero attached hydrogens (tertiary/aromatic N) is 2. The molecular weight excluding hydrogens is 302 g/mol. The van der Waals surface area contributed by atoms with Crippen LogP contribution in [0.4, 0.5) is 5.13 Å². The number of nitrogens with one attached hydrogen (secondary N) is 1. The van der Waals surface area contributed by atoms with Crippen LogP contribution in [0, 0.1) is 5.92 Å². The zero-order chi connectivity index (χ0) is 15.5. The SMILES string of the molecule is COCc1nnc(NC(=O)C2CC2c2ccc(OC)cc2)s1. The molecule has 1 N–H and O–H groups in total. The molecule has 1 fully saturated rings. The highest BCUT2D eigenvalue weighted by Gasteiger charge is 2.44. The van der Waals surface area contributed by atoms with Crippen molar-refractivity contribution in [1.82, 2.24) is 10.2 Å². The van der Waals surface area contributed by atoms with E-state index in [1.807, 2.05) is 24.3 Å². The summed E-state index contributed by atoms with van der Waals surface area (Å²) < 4.78 is 10.1. The highest BCUT2D eigenvalue weighted by Crippen LogP contribution is 2.48. The molecule has 7 heteroatoms. The molecule has 0 spiro atoms. The molecule has 1 aliphatic rings. The molecule has 116 valence electrons.